The van der Waals surface area contributed by atoms with Crippen LogP contribution in [0.1, 0.15) is 17.0 Å². The minimum Gasteiger partial charge on any atom is -0.479 e. The van der Waals surface area contributed by atoms with E-state index in [9.17, 15) is 4.79 Å². The van der Waals surface area contributed by atoms with Crippen molar-refractivity contribution in [1.82, 2.24) is 15.0 Å². The van der Waals surface area contributed by atoms with E-state index in [2.05, 4.69) is 17.1 Å². The van der Waals surface area contributed by atoms with E-state index in [-0.39, 0.29) is 23.8 Å². The summed E-state index contributed by atoms with van der Waals surface area (Å²) >= 11 is 0. The first-order valence-corrected chi connectivity index (χ1v) is 6.81. The first-order chi connectivity index (χ1) is 9.69. The molecular weight excluding hydrogens is 262 g/mol. The summed E-state index contributed by atoms with van der Waals surface area (Å²) in [5, 5.41) is 3.67. The second-order valence-electron chi connectivity index (χ2n) is 5.23. The highest BCUT2D eigenvalue weighted by Crippen LogP contribution is 2.23. The summed E-state index contributed by atoms with van der Waals surface area (Å²) < 4.78 is 15.7. The molecule has 1 aromatic heterocycles. The third-order valence-electron chi connectivity index (χ3n) is 4.06. The Balaban J connectivity index is 1.70. The van der Waals surface area contributed by atoms with Crippen LogP contribution >= 0.6 is 0 Å². The molecule has 0 spiro atoms. The summed E-state index contributed by atoms with van der Waals surface area (Å²) in [7, 11) is 3.57. The van der Waals surface area contributed by atoms with Crippen LogP contribution in [0.3, 0.4) is 0 Å². The molecular formula is C13H19N3O4. The largest absolute Gasteiger partial charge is 0.479 e. The maximum Gasteiger partial charge on any atom is 0.292 e. The predicted octanol–water partition coefficient (Wildman–Crippen LogP) is 0.228. The number of fused-ring (bicyclic) bond motifs is 1. The molecule has 2 aliphatic rings. The van der Waals surface area contributed by atoms with E-state index in [1.54, 1.807) is 4.90 Å². The van der Waals surface area contributed by atoms with Crippen LogP contribution in [-0.2, 0) is 4.74 Å². The maximum absolute atomic E-state index is 12.4. The highest BCUT2D eigenvalue weighted by atomic mass is 16.5. The molecule has 2 fully saturated rings. The average Bonchev–Trinajstić information content (AvgIpc) is 2.95. The summed E-state index contributed by atoms with van der Waals surface area (Å²) in [6.45, 7) is 3.00. The van der Waals surface area contributed by atoms with Crippen molar-refractivity contribution in [3.8, 4) is 5.88 Å². The molecule has 0 bridgehead atoms. The van der Waals surface area contributed by atoms with Crippen molar-refractivity contribution in [2.75, 3.05) is 40.4 Å². The zero-order valence-corrected chi connectivity index (χ0v) is 11.7. The lowest BCUT2D eigenvalue weighted by Crippen LogP contribution is -2.59. The minimum atomic E-state index is -0.141. The topological polar surface area (TPSA) is 68.0 Å². The van der Waals surface area contributed by atoms with E-state index in [0.717, 1.165) is 19.6 Å². The molecule has 2 atom stereocenters. The highest BCUT2D eigenvalue weighted by Gasteiger charge is 2.37. The van der Waals surface area contributed by atoms with Crippen LogP contribution in [0.2, 0.25) is 0 Å². The number of morpholine rings is 1. The number of hydrogen-bond donors (Lipinski definition) is 0. The molecule has 2 aliphatic heterocycles. The quantitative estimate of drug-likeness (QED) is 0.773. The predicted molar refractivity (Wildman–Crippen MR) is 69.7 cm³/mol. The summed E-state index contributed by atoms with van der Waals surface area (Å²) in [5.41, 5.74) is 0. The second-order valence-corrected chi connectivity index (χ2v) is 5.23. The number of likely N-dealkylation sites (tertiary alicyclic amines) is 1. The maximum atomic E-state index is 12.4. The number of methoxy groups -OCH3 is 1. The summed E-state index contributed by atoms with van der Waals surface area (Å²) in [6.07, 6.45) is 1.08. The number of aromatic nitrogens is 1. The normalized spacial score (nSPS) is 27.2. The monoisotopic (exact) mass is 281 g/mol. The van der Waals surface area contributed by atoms with Crippen LogP contribution in [0.4, 0.5) is 0 Å². The molecule has 0 unspecified atom stereocenters. The fourth-order valence-electron chi connectivity index (χ4n) is 2.84. The third-order valence-corrected chi connectivity index (χ3v) is 4.06. The van der Waals surface area contributed by atoms with Crippen LogP contribution in [0.25, 0.3) is 0 Å². The van der Waals surface area contributed by atoms with Gasteiger partial charge in [0.2, 0.25) is 5.76 Å². The zero-order valence-electron chi connectivity index (χ0n) is 11.7. The fraction of sp³-hybridized carbons (Fsp3) is 0.692. The van der Waals surface area contributed by atoms with E-state index in [1.165, 1.54) is 13.2 Å². The number of likely N-dealkylation sites (N-methyl/N-ethyl adjacent to an activating group) is 1. The van der Waals surface area contributed by atoms with E-state index >= 15 is 0 Å². The third kappa shape index (κ3) is 2.38. The van der Waals surface area contributed by atoms with Crippen LogP contribution in [0.5, 0.6) is 5.88 Å². The van der Waals surface area contributed by atoms with Crippen molar-refractivity contribution >= 4 is 5.91 Å². The number of piperidine rings is 1. The Morgan fingerprint density at radius 3 is 3.10 bits per heavy atom. The number of carbonyl (C=O) groups is 1. The Bertz CT molecular complexity index is 490. The van der Waals surface area contributed by atoms with E-state index in [1.807, 2.05) is 0 Å². The van der Waals surface area contributed by atoms with Gasteiger partial charge in [0.25, 0.3) is 11.8 Å². The molecule has 110 valence electrons. The van der Waals surface area contributed by atoms with Gasteiger partial charge < -0.3 is 18.9 Å². The molecule has 7 heteroatoms. The van der Waals surface area contributed by atoms with Gasteiger partial charge in [0.05, 0.1) is 31.9 Å². The molecule has 0 N–H and O–H groups in total. The lowest BCUT2D eigenvalue weighted by Gasteiger charge is -2.45. The number of ether oxygens (including phenoxy) is 2. The number of rotatable bonds is 2. The van der Waals surface area contributed by atoms with Crippen molar-refractivity contribution in [1.29, 1.82) is 0 Å². The van der Waals surface area contributed by atoms with E-state index in [4.69, 9.17) is 14.0 Å². The van der Waals surface area contributed by atoms with Gasteiger partial charge in [-0.15, -0.1) is 0 Å². The Labute approximate surface area is 117 Å². The van der Waals surface area contributed by atoms with Crippen molar-refractivity contribution in [2.45, 2.75) is 18.6 Å². The second kappa shape index (κ2) is 5.41. The summed E-state index contributed by atoms with van der Waals surface area (Å²) in [5.74, 6) is 0.402. The van der Waals surface area contributed by atoms with Gasteiger partial charge in [-0.05, 0) is 18.6 Å². The Morgan fingerprint density at radius 1 is 1.50 bits per heavy atom. The molecule has 2 saturated heterocycles. The molecule has 3 rings (SSSR count). The van der Waals surface area contributed by atoms with Crippen molar-refractivity contribution in [3.05, 3.63) is 11.8 Å². The molecule has 3 heterocycles. The highest BCUT2D eigenvalue weighted by molar-refractivity contribution is 5.91. The number of nitrogens with zero attached hydrogens (tertiary/aromatic N) is 3. The van der Waals surface area contributed by atoms with E-state index in [0.29, 0.717) is 19.0 Å². The van der Waals surface area contributed by atoms with Crippen LogP contribution in [0, 0.1) is 0 Å². The Hall–Kier alpha value is -1.60. The first kappa shape index (κ1) is 13.4. The molecule has 7 nitrogen and oxygen atoms in total. The standard InChI is InChI=1S/C13H19N3O4/c1-15-5-6-19-10-3-4-16(8-9(10)15)13(17)11-7-12(18-2)14-20-11/h7,9-10H,3-6,8H2,1-2H3/t9-,10-/m0/s1. The Morgan fingerprint density at radius 2 is 2.35 bits per heavy atom. The molecule has 0 radical (unpaired) electrons. The van der Waals surface area contributed by atoms with Crippen LogP contribution in [-0.4, -0.2) is 73.4 Å². The average molecular weight is 281 g/mol. The Kier molecular flexibility index (Phi) is 3.62. The van der Waals surface area contributed by atoms with Gasteiger partial charge in [-0.25, -0.2) is 0 Å². The molecule has 1 aromatic rings. The number of hydrogen-bond acceptors (Lipinski definition) is 6. The van der Waals surface area contributed by atoms with Crippen molar-refractivity contribution in [3.63, 3.8) is 0 Å². The SMILES string of the molecule is COc1cc(C(=O)N2CC[C@@H]3OCCN(C)[C@H]3C2)on1. The molecule has 0 aromatic carbocycles. The minimum absolute atomic E-state index is 0.141. The molecule has 0 aliphatic carbocycles. The fourth-order valence-corrected chi connectivity index (χ4v) is 2.84. The van der Waals surface area contributed by atoms with Crippen molar-refractivity contribution < 1.29 is 18.8 Å². The van der Waals surface area contributed by atoms with Gasteiger partial charge in [0.1, 0.15) is 0 Å². The summed E-state index contributed by atoms with van der Waals surface area (Å²) in [4.78, 5) is 16.4. The molecule has 1 amide bonds. The lowest BCUT2D eigenvalue weighted by atomic mass is 9.99. The lowest BCUT2D eigenvalue weighted by molar-refractivity contribution is -0.0896. The van der Waals surface area contributed by atoms with Gasteiger partial charge in [0.15, 0.2) is 0 Å². The van der Waals surface area contributed by atoms with Gasteiger partial charge in [-0.1, -0.05) is 0 Å². The van der Waals surface area contributed by atoms with Crippen LogP contribution in [0.15, 0.2) is 10.6 Å². The van der Waals surface area contributed by atoms with Gasteiger partial charge in [-0.3, -0.25) is 9.69 Å². The van der Waals surface area contributed by atoms with Gasteiger partial charge >= 0.3 is 0 Å². The smallest absolute Gasteiger partial charge is 0.292 e. The molecule has 0 saturated carbocycles. The molecule has 20 heavy (non-hydrogen) atoms. The zero-order chi connectivity index (χ0) is 14.1. The van der Waals surface area contributed by atoms with Gasteiger partial charge in [-0.2, -0.15) is 0 Å². The van der Waals surface area contributed by atoms with Crippen molar-refractivity contribution in [2.24, 2.45) is 0 Å². The summed E-state index contributed by atoms with van der Waals surface area (Å²) in [6, 6.07) is 1.78. The number of carbonyl (C=O) groups excluding carboxylic acids is 1. The van der Waals surface area contributed by atoms with E-state index < -0.39 is 0 Å². The first-order valence-electron chi connectivity index (χ1n) is 6.81. The number of amides is 1. The van der Waals surface area contributed by atoms with Crippen LogP contribution < -0.4 is 4.74 Å². The van der Waals surface area contributed by atoms with Gasteiger partial charge in [0, 0.05) is 19.6 Å².